The molecule has 0 aliphatic heterocycles. The number of phenolic OH excluding ortho intramolecular Hbond substituents is 1. The lowest BCUT2D eigenvalue weighted by Gasteiger charge is -2.19. The van der Waals surface area contributed by atoms with Crippen LogP contribution in [0.3, 0.4) is 0 Å². The molecule has 6 heteroatoms. The molecule has 7 aromatic carbocycles. The summed E-state index contributed by atoms with van der Waals surface area (Å²) in [5.41, 5.74) is 6.63. The quantitative estimate of drug-likeness (QED) is 0.0945. The van der Waals surface area contributed by atoms with Crippen molar-refractivity contribution in [2.75, 3.05) is 0 Å². The van der Waals surface area contributed by atoms with Crippen molar-refractivity contribution in [3.05, 3.63) is 221 Å². The first-order chi connectivity index (χ1) is 27.7. The van der Waals surface area contributed by atoms with Crippen LogP contribution in [0.4, 0.5) is 0 Å². The van der Waals surface area contributed by atoms with Gasteiger partial charge in [0.05, 0.1) is 0 Å². The molecule has 0 aliphatic rings. The van der Waals surface area contributed by atoms with E-state index in [0.29, 0.717) is 73.8 Å². The first-order valence-corrected chi connectivity index (χ1v) is 18.7. The van der Waals surface area contributed by atoms with Crippen molar-refractivity contribution in [3.8, 4) is 34.5 Å². The largest absolute Gasteiger partial charge is 0.507 e. The molecule has 0 radical (unpaired) electrons. The molecule has 0 spiro atoms. The summed E-state index contributed by atoms with van der Waals surface area (Å²) in [6, 6.07) is 57.4. The minimum Gasteiger partial charge on any atom is -0.507 e. The van der Waals surface area contributed by atoms with Gasteiger partial charge in [0.1, 0.15) is 50.3 Å². The highest BCUT2D eigenvalue weighted by Gasteiger charge is 2.17. The number of hydrogen-bond donors (Lipinski definition) is 1. The zero-order chi connectivity index (χ0) is 38.2. The molecule has 1 N–H and O–H groups in total. The van der Waals surface area contributed by atoms with E-state index in [-0.39, 0.29) is 5.75 Å². The Labute approximate surface area is 328 Å². The SMILES string of the molecule is Oc1cc(OCc2ccccc2)cc(OCc2ccccc2)c1C/C=C/c1cc(OCc2ccccc2)c(OCc2ccccc2)c(OCc2ccccc2)c1. The van der Waals surface area contributed by atoms with E-state index >= 15 is 0 Å². The fraction of sp³-hybridized carbons (Fsp3) is 0.120. The molecule has 0 fully saturated rings. The maximum atomic E-state index is 11.3. The molecule has 0 heterocycles. The third-order valence-corrected chi connectivity index (χ3v) is 9.02. The second kappa shape index (κ2) is 19.4. The summed E-state index contributed by atoms with van der Waals surface area (Å²) < 4.78 is 31.9. The van der Waals surface area contributed by atoms with Crippen molar-refractivity contribution in [1.29, 1.82) is 0 Å². The monoisotopic (exact) mass is 740 g/mol. The van der Waals surface area contributed by atoms with Gasteiger partial charge in [-0.05, 0) is 51.9 Å². The van der Waals surface area contributed by atoms with Crippen molar-refractivity contribution in [3.63, 3.8) is 0 Å². The van der Waals surface area contributed by atoms with E-state index in [0.717, 1.165) is 33.4 Å². The van der Waals surface area contributed by atoms with Crippen LogP contribution in [-0.2, 0) is 39.5 Å². The molecule has 56 heavy (non-hydrogen) atoms. The van der Waals surface area contributed by atoms with E-state index in [2.05, 4.69) is 0 Å². The molecule has 7 aromatic rings. The second-order valence-corrected chi connectivity index (χ2v) is 13.2. The van der Waals surface area contributed by atoms with Gasteiger partial charge in [-0.25, -0.2) is 0 Å². The van der Waals surface area contributed by atoms with Crippen molar-refractivity contribution < 1.29 is 28.8 Å². The summed E-state index contributed by atoms with van der Waals surface area (Å²) in [4.78, 5) is 0. The lowest BCUT2D eigenvalue weighted by Crippen LogP contribution is -2.04. The number of phenols is 1. The van der Waals surface area contributed by atoms with Crippen LogP contribution in [0.25, 0.3) is 6.08 Å². The van der Waals surface area contributed by atoms with Gasteiger partial charge in [-0.2, -0.15) is 0 Å². The van der Waals surface area contributed by atoms with Crippen LogP contribution in [0.2, 0.25) is 0 Å². The first-order valence-electron chi connectivity index (χ1n) is 18.7. The molecule has 0 atom stereocenters. The zero-order valence-corrected chi connectivity index (χ0v) is 31.1. The van der Waals surface area contributed by atoms with E-state index in [4.69, 9.17) is 23.7 Å². The Morgan fingerprint density at radius 2 is 0.768 bits per heavy atom. The van der Waals surface area contributed by atoms with Gasteiger partial charge in [0.2, 0.25) is 5.75 Å². The van der Waals surface area contributed by atoms with Gasteiger partial charge in [0.25, 0.3) is 0 Å². The lowest BCUT2D eigenvalue weighted by atomic mass is 10.1. The Hall–Kier alpha value is -6.92. The maximum Gasteiger partial charge on any atom is 0.203 e. The minimum atomic E-state index is 0.0895. The highest BCUT2D eigenvalue weighted by atomic mass is 16.5. The number of rotatable bonds is 18. The van der Waals surface area contributed by atoms with Gasteiger partial charge in [-0.3, -0.25) is 0 Å². The van der Waals surface area contributed by atoms with E-state index in [1.165, 1.54) is 0 Å². The summed E-state index contributed by atoms with van der Waals surface area (Å²) in [5.74, 6) is 2.80. The highest BCUT2D eigenvalue weighted by molar-refractivity contribution is 5.63. The first kappa shape index (κ1) is 37.4. The molecule has 7 rings (SSSR count). The number of hydrogen-bond acceptors (Lipinski definition) is 6. The second-order valence-electron chi connectivity index (χ2n) is 13.2. The van der Waals surface area contributed by atoms with Crippen LogP contribution in [0.1, 0.15) is 38.9 Å². The molecule has 0 bridgehead atoms. The van der Waals surface area contributed by atoms with Crippen molar-refractivity contribution in [2.45, 2.75) is 39.5 Å². The maximum absolute atomic E-state index is 11.3. The van der Waals surface area contributed by atoms with E-state index in [1.807, 2.05) is 182 Å². The summed E-state index contributed by atoms with van der Waals surface area (Å²) in [7, 11) is 0. The molecule has 0 aromatic heterocycles. The van der Waals surface area contributed by atoms with Crippen LogP contribution in [-0.4, -0.2) is 5.11 Å². The number of benzene rings is 7. The topological polar surface area (TPSA) is 66.4 Å². The smallest absolute Gasteiger partial charge is 0.203 e. The van der Waals surface area contributed by atoms with Crippen molar-refractivity contribution in [2.24, 2.45) is 0 Å². The predicted octanol–water partition coefficient (Wildman–Crippen LogP) is 11.5. The Kier molecular flexibility index (Phi) is 13.0. The Balaban J connectivity index is 1.18. The van der Waals surface area contributed by atoms with Crippen LogP contribution in [0, 0.1) is 0 Å². The van der Waals surface area contributed by atoms with Gasteiger partial charge in [-0.1, -0.05) is 164 Å². The molecular weight excluding hydrogens is 697 g/mol. The Morgan fingerprint density at radius 3 is 1.20 bits per heavy atom. The summed E-state index contributed by atoms with van der Waals surface area (Å²) >= 11 is 0. The molecule has 0 saturated heterocycles. The molecule has 6 nitrogen and oxygen atoms in total. The summed E-state index contributed by atoms with van der Waals surface area (Å²) in [6.07, 6.45) is 4.38. The average molecular weight is 741 g/mol. The van der Waals surface area contributed by atoms with Crippen LogP contribution < -0.4 is 23.7 Å². The van der Waals surface area contributed by atoms with Gasteiger partial charge >= 0.3 is 0 Å². The normalized spacial score (nSPS) is 10.9. The molecule has 0 saturated carbocycles. The van der Waals surface area contributed by atoms with Crippen LogP contribution >= 0.6 is 0 Å². The van der Waals surface area contributed by atoms with Gasteiger partial charge in [0.15, 0.2) is 11.5 Å². The predicted molar refractivity (Wildman–Crippen MR) is 221 cm³/mol. The van der Waals surface area contributed by atoms with Crippen molar-refractivity contribution in [1.82, 2.24) is 0 Å². The van der Waals surface area contributed by atoms with E-state index < -0.39 is 0 Å². The Bertz CT molecular complexity index is 2210. The number of allylic oxidation sites excluding steroid dienone is 1. The number of ether oxygens (including phenoxy) is 5. The highest BCUT2D eigenvalue weighted by Crippen LogP contribution is 2.41. The van der Waals surface area contributed by atoms with Crippen LogP contribution in [0.15, 0.2) is 182 Å². The van der Waals surface area contributed by atoms with Gasteiger partial charge in [-0.15, -0.1) is 0 Å². The molecule has 0 amide bonds. The molecular formula is C50H44O6. The van der Waals surface area contributed by atoms with Gasteiger partial charge in [0, 0.05) is 17.7 Å². The standard InChI is InChI=1S/C50H44O6/c51-46-31-44(52-33-38-17-6-1-7-18-38)32-47(53-34-39-19-8-2-9-20-39)45(46)28-16-27-43-29-48(54-35-40-21-10-3-11-22-40)50(56-37-42-25-14-5-15-26-42)49(30-43)55-36-41-23-12-4-13-24-41/h1-27,29-32,51H,28,33-37H2/b27-16+. The third-order valence-electron chi connectivity index (χ3n) is 9.02. The molecule has 280 valence electrons. The summed E-state index contributed by atoms with van der Waals surface area (Å²) in [6.45, 7) is 1.75. The fourth-order valence-electron chi connectivity index (χ4n) is 6.06. The number of aromatic hydroxyl groups is 1. The lowest BCUT2D eigenvalue weighted by molar-refractivity contribution is 0.230. The third kappa shape index (κ3) is 10.8. The Morgan fingerprint density at radius 1 is 0.393 bits per heavy atom. The van der Waals surface area contributed by atoms with Crippen LogP contribution in [0.5, 0.6) is 34.5 Å². The average Bonchev–Trinajstić information content (AvgIpc) is 3.25. The van der Waals surface area contributed by atoms with E-state index in [1.54, 1.807) is 6.07 Å². The minimum absolute atomic E-state index is 0.0895. The molecule has 0 unspecified atom stereocenters. The summed E-state index contributed by atoms with van der Waals surface area (Å²) in [5, 5.41) is 11.3. The fourth-order valence-corrected chi connectivity index (χ4v) is 6.06. The van der Waals surface area contributed by atoms with Crippen molar-refractivity contribution >= 4 is 6.08 Å². The van der Waals surface area contributed by atoms with E-state index in [9.17, 15) is 5.11 Å². The molecule has 0 aliphatic carbocycles. The zero-order valence-electron chi connectivity index (χ0n) is 31.1. The van der Waals surface area contributed by atoms with Gasteiger partial charge < -0.3 is 28.8 Å².